The minimum atomic E-state index is -0.105. The molecule has 2 aliphatic rings. The van der Waals surface area contributed by atoms with Crippen LogP contribution in [0.25, 0.3) is 49.7 Å². The second kappa shape index (κ2) is 8.78. The summed E-state index contributed by atoms with van der Waals surface area (Å²) in [4.78, 5) is 0. The van der Waals surface area contributed by atoms with Gasteiger partial charge in [0.25, 0.3) is 6.71 Å². The van der Waals surface area contributed by atoms with Gasteiger partial charge in [-0.3, -0.25) is 5.10 Å². The molecule has 0 spiro atoms. The Morgan fingerprint density at radius 3 is 1.82 bits per heavy atom. The number of hydrogen-bond acceptors (Lipinski definition) is 2. The lowest BCUT2D eigenvalue weighted by Gasteiger charge is -2.29. The average Bonchev–Trinajstić information content (AvgIpc) is 3.55. The second-order valence-corrected chi connectivity index (χ2v) is 16.6. The van der Waals surface area contributed by atoms with E-state index in [1.165, 1.54) is 77.3 Å². The number of aryl methyl sites for hydroxylation is 2. The van der Waals surface area contributed by atoms with E-state index >= 15 is 0 Å². The number of fused-ring (bicyclic) bond motifs is 10. The van der Waals surface area contributed by atoms with Crippen molar-refractivity contribution in [3.8, 4) is 27.9 Å². The van der Waals surface area contributed by atoms with Crippen LogP contribution in [0.15, 0.2) is 54.6 Å². The first-order valence-corrected chi connectivity index (χ1v) is 16.4. The lowest BCUT2D eigenvalue weighted by molar-refractivity contribution is 0.564. The van der Waals surface area contributed by atoms with Gasteiger partial charge in [-0.15, -0.1) is 0 Å². The summed E-state index contributed by atoms with van der Waals surface area (Å²) < 4.78 is 2.29. The van der Waals surface area contributed by atoms with Gasteiger partial charge in [0.05, 0.1) is 28.1 Å². The van der Waals surface area contributed by atoms with E-state index in [1.54, 1.807) is 0 Å². The third-order valence-electron chi connectivity index (χ3n) is 10.3. The summed E-state index contributed by atoms with van der Waals surface area (Å²) in [5, 5.41) is 16.5. The SMILES string of the molecule is Cc1cc2c(cc1C)-c1ccc3c(C(C)(C)C)nn4c3c1B(c1ccc(C(C)(C)C)cc1-4)c1c-2ccc2c(C(C)(C)C)n[nH]c12. The van der Waals surface area contributed by atoms with Crippen molar-refractivity contribution in [1.29, 1.82) is 0 Å². The summed E-state index contributed by atoms with van der Waals surface area (Å²) in [6.45, 7) is 25.0. The zero-order valence-corrected chi connectivity index (χ0v) is 28.6. The highest BCUT2D eigenvalue weighted by Crippen LogP contribution is 2.42. The molecule has 4 nitrogen and oxygen atoms in total. The first kappa shape index (κ1) is 28.4. The molecule has 4 heterocycles. The van der Waals surface area contributed by atoms with Gasteiger partial charge in [-0.1, -0.05) is 111 Å². The highest BCUT2D eigenvalue weighted by atomic mass is 15.3. The van der Waals surface area contributed by atoms with Crippen LogP contribution >= 0.6 is 0 Å². The van der Waals surface area contributed by atoms with Crippen LogP contribution in [0, 0.1) is 13.8 Å². The molecule has 0 saturated carbocycles. The Labute approximate surface area is 267 Å². The predicted octanol–water partition coefficient (Wildman–Crippen LogP) is 7.89. The second-order valence-electron chi connectivity index (χ2n) is 16.6. The summed E-state index contributed by atoms with van der Waals surface area (Å²) in [6, 6.07) is 21.4. The van der Waals surface area contributed by atoms with E-state index in [-0.39, 0.29) is 23.0 Å². The molecule has 6 aromatic rings. The molecule has 2 aromatic heterocycles. The zero-order valence-electron chi connectivity index (χ0n) is 28.6. The van der Waals surface area contributed by atoms with E-state index in [4.69, 9.17) is 10.2 Å². The molecule has 0 saturated heterocycles. The van der Waals surface area contributed by atoms with Gasteiger partial charge in [-0.2, -0.15) is 10.2 Å². The molecule has 226 valence electrons. The molecule has 0 atom stereocenters. The van der Waals surface area contributed by atoms with Crippen LogP contribution < -0.4 is 16.4 Å². The molecule has 45 heavy (non-hydrogen) atoms. The first-order valence-electron chi connectivity index (χ1n) is 16.4. The number of H-pyrrole nitrogens is 1. The van der Waals surface area contributed by atoms with Crippen molar-refractivity contribution in [1.82, 2.24) is 20.0 Å². The fourth-order valence-electron chi connectivity index (χ4n) is 7.86. The van der Waals surface area contributed by atoms with Gasteiger partial charge in [-0.25, -0.2) is 4.68 Å². The molecule has 0 amide bonds. The van der Waals surface area contributed by atoms with Crippen molar-refractivity contribution in [3.63, 3.8) is 0 Å². The zero-order chi connectivity index (χ0) is 32.0. The van der Waals surface area contributed by atoms with Crippen LogP contribution in [-0.2, 0) is 16.2 Å². The van der Waals surface area contributed by atoms with E-state index < -0.39 is 0 Å². The molecule has 1 N–H and O–H groups in total. The molecule has 0 aliphatic carbocycles. The van der Waals surface area contributed by atoms with Crippen LogP contribution in [0.1, 0.15) is 90.4 Å². The normalized spacial score (nSPS) is 14.1. The Morgan fingerprint density at radius 2 is 1.22 bits per heavy atom. The molecule has 8 rings (SSSR count). The highest BCUT2D eigenvalue weighted by molar-refractivity contribution is 7.01. The van der Waals surface area contributed by atoms with E-state index in [0.717, 1.165) is 16.9 Å². The summed E-state index contributed by atoms with van der Waals surface area (Å²) >= 11 is 0. The van der Waals surface area contributed by atoms with Gasteiger partial charge >= 0.3 is 0 Å². The van der Waals surface area contributed by atoms with Gasteiger partial charge in [0, 0.05) is 21.6 Å². The van der Waals surface area contributed by atoms with Crippen molar-refractivity contribution < 1.29 is 0 Å². The maximum absolute atomic E-state index is 5.46. The van der Waals surface area contributed by atoms with Crippen molar-refractivity contribution >= 4 is 44.9 Å². The Balaban J connectivity index is 1.62. The van der Waals surface area contributed by atoms with Crippen LogP contribution in [0.4, 0.5) is 0 Å². The van der Waals surface area contributed by atoms with E-state index in [2.05, 4.69) is 141 Å². The Hall–Kier alpha value is -4.12. The summed E-state index contributed by atoms with van der Waals surface area (Å²) in [6.07, 6.45) is 0. The van der Waals surface area contributed by atoms with Crippen LogP contribution in [0.5, 0.6) is 0 Å². The molecule has 0 fully saturated rings. The average molecular weight is 591 g/mol. The monoisotopic (exact) mass is 590 g/mol. The lowest BCUT2D eigenvalue weighted by Crippen LogP contribution is -2.57. The smallest absolute Gasteiger partial charge is 0.251 e. The Bertz CT molecular complexity index is 2240. The number of rotatable bonds is 0. The lowest BCUT2D eigenvalue weighted by atomic mass is 9.34. The minimum Gasteiger partial charge on any atom is -0.278 e. The third-order valence-corrected chi connectivity index (χ3v) is 10.3. The van der Waals surface area contributed by atoms with Crippen LogP contribution in [0.2, 0.25) is 0 Å². The molecular weight excluding hydrogens is 547 g/mol. The molecule has 0 unspecified atom stereocenters. The summed E-state index contributed by atoms with van der Waals surface area (Å²) in [7, 11) is 0. The van der Waals surface area contributed by atoms with E-state index in [1.807, 2.05) is 0 Å². The third kappa shape index (κ3) is 3.85. The van der Waals surface area contributed by atoms with Crippen molar-refractivity contribution in [2.75, 3.05) is 0 Å². The van der Waals surface area contributed by atoms with Crippen molar-refractivity contribution in [2.24, 2.45) is 0 Å². The molecule has 4 aromatic carbocycles. The quantitative estimate of drug-likeness (QED) is 0.183. The fourth-order valence-corrected chi connectivity index (χ4v) is 7.86. The largest absolute Gasteiger partial charge is 0.278 e. The molecule has 0 bridgehead atoms. The topological polar surface area (TPSA) is 46.5 Å². The number of nitrogens with zero attached hydrogens (tertiary/aromatic N) is 3. The highest BCUT2D eigenvalue weighted by Gasteiger charge is 2.42. The minimum absolute atomic E-state index is 0.0151. The van der Waals surface area contributed by atoms with E-state index in [9.17, 15) is 0 Å². The molecule has 5 heteroatoms. The number of hydrogen-bond donors (Lipinski definition) is 1. The van der Waals surface area contributed by atoms with E-state index in [0.29, 0.717) is 0 Å². The molecular formula is C40H43BN4. The number of aromatic nitrogens is 4. The number of aromatic amines is 1. The fraction of sp³-hybridized carbons (Fsp3) is 0.350. The Morgan fingerprint density at radius 1 is 0.622 bits per heavy atom. The maximum atomic E-state index is 5.46. The summed E-state index contributed by atoms with van der Waals surface area (Å²) in [5.41, 5.74) is 18.8. The summed E-state index contributed by atoms with van der Waals surface area (Å²) in [5.74, 6) is 0. The molecule has 2 aliphatic heterocycles. The predicted molar refractivity (Wildman–Crippen MR) is 192 cm³/mol. The van der Waals surface area contributed by atoms with Gasteiger partial charge in [0.2, 0.25) is 0 Å². The number of benzene rings is 4. The van der Waals surface area contributed by atoms with Crippen molar-refractivity contribution in [3.05, 3.63) is 82.7 Å². The standard InChI is InChI=1S/C40H43BN4/c1-21-18-28-24-13-15-26-34(42-43-36(26)39(6,7)8)32(24)41-30-17-12-23(38(3,4)5)20-31(30)45-35-27(37(44-45)40(9,10)11)16-14-25(33(35)41)29(28)19-22(21)2/h12-20H,1-11H3,(H,42,43). The van der Waals surface area contributed by atoms with Crippen LogP contribution in [-0.4, -0.2) is 26.7 Å². The van der Waals surface area contributed by atoms with Gasteiger partial charge in [0.15, 0.2) is 0 Å². The van der Waals surface area contributed by atoms with Gasteiger partial charge in [-0.05, 0) is 80.7 Å². The number of nitrogens with one attached hydrogen (secondary N) is 1. The maximum Gasteiger partial charge on any atom is 0.251 e. The Kier molecular flexibility index (Phi) is 5.53. The van der Waals surface area contributed by atoms with Crippen molar-refractivity contribution in [2.45, 2.75) is 92.4 Å². The first-order chi connectivity index (χ1) is 21.1. The van der Waals surface area contributed by atoms with Gasteiger partial charge in [0.1, 0.15) is 0 Å². The van der Waals surface area contributed by atoms with Crippen LogP contribution in [0.3, 0.4) is 0 Å². The van der Waals surface area contributed by atoms with Gasteiger partial charge < -0.3 is 0 Å². The molecule has 0 radical (unpaired) electrons.